The zero-order valence-electron chi connectivity index (χ0n) is 30.4. The van der Waals surface area contributed by atoms with Gasteiger partial charge < -0.3 is 5.32 Å². The molecule has 0 amide bonds. The number of fused-ring (bicyclic) bond motifs is 1. The van der Waals surface area contributed by atoms with E-state index in [0.717, 1.165) is 60.8 Å². The molecule has 0 spiro atoms. The summed E-state index contributed by atoms with van der Waals surface area (Å²) >= 11 is 6.15. The number of aryl methyl sites for hydroxylation is 1. The van der Waals surface area contributed by atoms with Crippen LogP contribution in [-0.4, -0.2) is 72.0 Å². The predicted octanol–water partition coefficient (Wildman–Crippen LogP) is 6.56. The van der Waals surface area contributed by atoms with Crippen LogP contribution in [0, 0.1) is 5.82 Å². The predicted molar refractivity (Wildman–Crippen MR) is 200 cm³/mol. The first-order chi connectivity index (χ1) is 25.8. The Morgan fingerprint density at radius 1 is 0.944 bits per heavy atom. The second-order valence-electron chi connectivity index (χ2n) is 14.6. The van der Waals surface area contributed by atoms with Crippen LogP contribution in [0.4, 0.5) is 17.6 Å². The molecule has 1 N–H and O–H groups in total. The lowest BCUT2D eigenvalue weighted by molar-refractivity contribution is -0.142. The molecule has 2 aliphatic rings. The lowest BCUT2D eigenvalue weighted by Gasteiger charge is -2.36. The molecule has 5 aromatic rings. The molecular formula is C39H43ClF4N8O2. The van der Waals surface area contributed by atoms with Crippen molar-refractivity contribution in [3.63, 3.8) is 0 Å². The Balaban J connectivity index is 1.12. The third-order valence-electron chi connectivity index (χ3n) is 10.8. The third-order valence-corrected chi connectivity index (χ3v) is 11.3. The Morgan fingerprint density at radius 2 is 1.65 bits per heavy atom. The van der Waals surface area contributed by atoms with E-state index in [1.54, 1.807) is 6.07 Å². The zero-order valence-corrected chi connectivity index (χ0v) is 31.2. The zero-order chi connectivity index (χ0) is 38.3. The van der Waals surface area contributed by atoms with Crippen molar-refractivity contribution in [1.29, 1.82) is 0 Å². The van der Waals surface area contributed by atoms with Crippen LogP contribution in [0.1, 0.15) is 62.4 Å². The minimum absolute atomic E-state index is 0.0234. The van der Waals surface area contributed by atoms with Crippen molar-refractivity contribution in [2.24, 2.45) is 7.05 Å². The number of nitrogens with one attached hydrogen (secondary N) is 1. The number of benzene rings is 2. The van der Waals surface area contributed by atoms with Crippen LogP contribution < -0.4 is 16.6 Å². The Kier molecular flexibility index (Phi) is 10.8. The fourth-order valence-corrected chi connectivity index (χ4v) is 7.97. The summed E-state index contributed by atoms with van der Waals surface area (Å²) in [5, 5.41) is 6.58. The van der Waals surface area contributed by atoms with Gasteiger partial charge in [0, 0.05) is 70.0 Å². The smallest absolute Gasteiger partial charge is 0.310 e. The van der Waals surface area contributed by atoms with E-state index in [-0.39, 0.29) is 34.3 Å². The molecule has 1 saturated carbocycles. The fraction of sp³-hybridized carbons (Fsp3) is 0.436. The summed E-state index contributed by atoms with van der Waals surface area (Å²) in [5.41, 5.74) is 1.16. The Bertz CT molecular complexity index is 2250. The Labute approximate surface area is 315 Å². The molecule has 2 aromatic carbocycles. The van der Waals surface area contributed by atoms with Crippen LogP contribution in [0.5, 0.6) is 0 Å². The molecule has 2 fully saturated rings. The number of halogens is 5. The summed E-state index contributed by atoms with van der Waals surface area (Å²) in [5.74, 6) is -0.702. The topological polar surface area (TPSA) is 93.2 Å². The van der Waals surface area contributed by atoms with Crippen LogP contribution >= 0.6 is 11.6 Å². The molecule has 1 saturated heterocycles. The summed E-state index contributed by atoms with van der Waals surface area (Å²) in [6.45, 7) is 9.35. The maximum Gasteiger partial charge on any atom is 0.435 e. The van der Waals surface area contributed by atoms with Crippen molar-refractivity contribution in [2.45, 2.75) is 76.9 Å². The van der Waals surface area contributed by atoms with Crippen LogP contribution in [-0.2, 0) is 26.3 Å². The monoisotopic (exact) mass is 766 g/mol. The first kappa shape index (κ1) is 37.9. The third kappa shape index (κ3) is 7.75. The number of hydrogen-bond donors (Lipinski definition) is 1. The van der Waals surface area contributed by atoms with Crippen molar-refractivity contribution >= 4 is 22.6 Å². The van der Waals surface area contributed by atoms with E-state index in [1.807, 2.05) is 18.2 Å². The van der Waals surface area contributed by atoms with E-state index in [4.69, 9.17) is 11.6 Å². The lowest BCUT2D eigenvalue weighted by Crippen LogP contribution is -2.48. The van der Waals surface area contributed by atoms with Gasteiger partial charge in [0.15, 0.2) is 11.3 Å². The molecule has 1 aliphatic carbocycles. The van der Waals surface area contributed by atoms with Gasteiger partial charge in [-0.1, -0.05) is 48.0 Å². The highest BCUT2D eigenvalue weighted by atomic mass is 35.5. The van der Waals surface area contributed by atoms with Crippen LogP contribution in [0.2, 0.25) is 5.15 Å². The number of aromatic nitrogens is 5. The number of nitrogens with zero attached hydrogens (tertiary/aromatic N) is 7. The molecule has 15 heteroatoms. The summed E-state index contributed by atoms with van der Waals surface area (Å²) in [7, 11) is 1.35. The van der Waals surface area contributed by atoms with Crippen LogP contribution in [0.25, 0.3) is 27.8 Å². The van der Waals surface area contributed by atoms with Crippen LogP contribution in [0.15, 0.2) is 70.4 Å². The highest BCUT2D eigenvalue weighted by molar-refractivity contribution is 6.30. The van der Waals surface area contributed by atoms with E-state index in [1.165, 1.54) is 21.7 Å². The molecule has 1 aliphatic heterocycles. The van der Waals surface area contributed by atoms with E-state index in [0.29, 0.717) is 37.4 Å². The lowest BCUT2D eigenvalue weighted by atomic mass is 9.90. The summed E-state index contributed by atoms with van der Waals surface area (Å²) in [6, 6.07) is 16.7. The molecule has 7 rings (SSSR count). The summed E-state index contributed by atoms with van der Waals surface area (Å²) < 4.78 is 58.8. The molecule has 0 bridgehead atoms. The summed E-state index contributed by atoms with van der Waals surface area (Å²) in [4.78, 5) is 37.3. The van der Waals surface area contributed by atoms with Gasteiger partial charge in [-0.05, 0) is 74.4 Å². The normalized spacial score (nSPS) is 18.9. The van der Waals surface area contributed by atoms with Crippen molar-refractivity contribution < 1.29 is 17.6 Å². The summed E-state index contributed by atoms with van der Waals surface area (Å²) in [6.07, 6.45) is -1.91. The molecular weight excluding hydrogens is 724 g/mol. The van der Waals surface area contributed by atoms with Gasteiger partial charge in [-0.3, -0.25) is 23.8 Å². The second-order valence-corrected chi connectivity index (χ2v) is 15.0. The molecule has 0 unspecified atom stereocenters. The first-order valence-electron chi connectivity index (χ1n) is 18.3. The van der Waals surface area contributed by atoms with Gasteiger partial charge in [0.2, 0.25) is 0 Å². The second kappa shape index (κ2) is 15.4. The number of piperazine rings is 1. The Hall–Kier alpha value is -4.37. The van der Waals surface area contributed by atoms with Crippen molar-refractivity contribution in [3.05, 3.63) is 109 Å². The fourth-order valence-electron chi connectivity index (χ4n) is 7.78. The number of hydrogen-bond acceptors (Lipinski definition) is 7. The molecule has 0 atom stereocenters. The number of rotatable bonds is 9. The van der Waals surface area contributed by atoms with E-state index in [2.05, 4.69) is 63.3 Å². The van der Waals surface area contributed by atoms with E-state index < -0.39 is 35.0 Å². The molecule has 286 valence electrons. The molecule has 0 radical (unpaired) electrons. The van der Waals surface area contributed by atoms with Crippen LogP contribution in [0.3, 0.4) is 0 Å². The van der Waals surface area contributed by atoms with Gasteiger partial charge >= 0.3 is 11.9 Å². The van der Waals surface area contributed by atoms with Gasteiger partial charge in [-0.25, -0.2) is 18.7 Å². The molecule has 54 heavy (non-hydrogen) atoms. The molecule has 10 nitrogen and oxygen atoms in total. The number of pyridine rings is 1. The number of alkyl halides is 3. The highest BCUT2D eigenvalue weighted by Gasteiger charge is 2.39. The van der Waals surface area contributed by atoms with Gasteiger partial charge in [-0.15, -0.1) is 0 Å². The maximum atomic E-state index is 14.6. The van der Waals surface area contributed by atoms with Crippen molar-refractivity contribution in [2.75, 3.05) is 26.2 Å². The molecule has 3 aromatic heterocycles. The standard InChI is InChI=1S/C39H43ClF4N8O2/c1-24(2)50-17-15-49(16-18-50)23-25-7-9-26(10-8-25)27-5-4-6-31(19-27)51-36-32(20-28(41)21-46-36)37(53)52(38(51)54)30-13-11-29(12-14-30)45-22-33-34(39(42,43)44)47-48(3)35(33)40/h4-10,19-21,24,29-30,45H,11-18,22-23H2,1-3H3/t29-,30+. The van der Waals surface area contributed by atoms with Gasteiger partial charge in [0.05, 0.1) is 17.3 Å². The van der Waals surface area contributed by atoms with Gasteiger partial charge in [0.25, 0.3) is 5.56 Å². The van der Waals surface area contributed by atoms with Gasteiger partial charge in [0.1, 0.15) is 11.0 Å². The molecule has 4 heterocycles. The minimum Gasteiger partial charge on any atom is -0.310 e. The SMILES string of the molecule is CC(C)N1CCN(Cc2ccc(-c3cccc(-n4c(=O)n([C@H]5CC[C@@H](NCc6c(C(F)(F)F)nn(C)c6Cl)CC5)c(=O)c5cc(F)cnc54)c3)cc2)CC1. The van der Waals surface area contributed by atoms with Crippen molar-refractivity contribution in [3.8, 4) is 16.8 Å². The minimum atomic E-state index is -4.65. The Morgan fingerprint density at radius 3 is 2.31 bits per heavy atom. The quantitative estimate of drug-likeness (QED) is 0.170. The average Bonchev–Trinajstić information content (AvgIpc) is 3.45. The largest absolute Gasteiger partial charge is 0.435 e. The maximum absolute atomic E-state index is 14.6. The highest BCUT2D eigenvalue weighted by Crippen LogP contribution is 2.35. The van der Waals surface area contributed by atoms with Crippen molar-refractivity contribution in [1.82, 2.24) is 39.0 Å². The van der Waals surface area contributed by atoms with Gasteiger partial charge in [-0.2, -0.15) is 18.3 Å². The average molecular weight is 767 g/mol. The first-order valence-corrected chi connectivity index (χ1v) is 18.7. The van der Waals surface area contributed by atoms with E-state index in [9.17, 15) is 27.2 Å². The van der Waals surface area contributed by atoms with E-state index >= 15 is 0 Å².